The van der Waals surface area contributed by atoms with Crippen molar-refractivity contribution in [2.45, 2.75) is 19.6 Å². The molecule has 96 valence electrons. The molecule has 0 aliphatic carbocycles. The van der Waals surface area contributed by atoms with Crippen molar-refractivity contribution in [3.63, 3.8) is 0 Å². The Morgan fingerprint density at radius 2 is 1.79 bits per heavy atom. The maximum absolute atomic E-state index is 10.8. The minimum Gasteiger partial charge on any atom is -0.364 e. The minimum absolute atomic E-state index is 0.857. The van der Waals surface area contributed by atoms with Crippen molar-refractivity contribution < 1.29 is 5.11 Å². The predicted octanol–water partition coefficient (Wildman–Crippen LogP) is 3.59. The number of aliphatic hydroxyl groups is 1. The first-order valence-corrected chi connectivity index (χ1v) is 6.44. The highest BCUT2D eigenvalue weighted by Gasteiger charge is 2.29. The van der Waals surface area contributed by atoms with Crippen LogP contribution in [0, 0.1) is 13.8 Å². The number of anilines is 1. The van der Waals surface area contributed by atoms with Gasteiger partial charge in [-0.3, -0.25) is 0 Å². The van der Waals surface area contributed by atoms with Crippen molar-refractivity contribution in [1.82, 2.24) is 0 Å². The summed E-state index contributed by atoms with van der Waals surface area (Å²) in [6.07, 6.45) is 3.77. The average Bonchev–Trinajstić information content (AvgIpc) is 2.38. The second-order valence-corrected chi connectivity index (χ2v) is 5.18. The summed E-state index contributed by atoms with van der Waals surface area (Å²) in [5.41, 5.74) is 4.10. The van der Waals surface area contributed by atoms with E-state index in [2.05, 4.69) is 23.5 Å². The third-order valence-electron chi connectivity index (χ3n) is 3.50. The van der Waals surface area contributed by atoms with E-state index in [0.29, 0.717) is 0 Å². The molecule has 0 radical (unpaired) electrons. The molecule has 0 bridgehead atoms. The number of benzene rings is 2. The van der Waals surface area contributed by atoms with E-state index in [1.807, 2.05) is 44.2 Å². The summed E-state index contributed by atoms with van der Waals surface area (Å²) in [5.74, 6) is 0. The first kappa shape index (κ1) is 12.0. The highest BCUT2D eigenvalue weighted by molar-refractivity contribution is 5.73. The van der Waals surface area contributed by atoms with E-state index >= 15 is 0 Å². The van der Waals surface area contributed by atoms with E-state index in [1.54, 1.807) is 6.08 Å². The molecule has 2 N–H and O–H groups in total. The van der Waals surface area contributed by atoms with Crippen LogP contribution in [0.4, 0.5) is 5.69 Å². The van der Waals surface area contributed by atoms with Crippen LogP contribution < -0.4 is 5.32 Å². The van der Waals surface area contributed by atoms with E-state index in [-0.39, 0.29) is 0 Å². The Morgan fingerprint density at radius 3 is 2.58 bits per heavy atom. The van der Waals surface area contributed by atoms with Gasteiger partial charge in [0.15, 0.2) is 5.72 Å². The second kappa shape index (κ2) is 4.25. The van der Waals surface area contributed by atoms with Gasteiger partial charge in [-0.25, -0.2) is 0 Å². The van der Waals surface area contributed by atoms with E-state index in [9.17, 15) is 5.11 Å². The molecule has 0 spiro atoms. The highest BCUT2D eigenvalue weighted by Crippen LogP contribution is 2.33. The Kier molecular flexibility index (Phi) is 2.68. The van der Waals surface area contributed by atoms with Gasteiger partial charge in [0.1, 0.15) is 0 Å². The summed E-state index contributed by atoms with van der Waals surface area (Å²) in [6.45, 7) is 4.07. The normalized spacial score (nSPS) is 20.8. The molecular weight excluding hydrogens is 234 g/mol. The van der Waals surface area contributed by atoms with Gasteiger partial charge >= 0.3 is 0 Å². The monoisotopic (exact) mass is 251 g/mol. The third kappa shape index (κ3) is 2.15. The molecule has 1 atom stereocenters. The molecule has 0 aromatic heterocycles. The van der Waals surface area contributed by atoms with Gasteiger partial charge in [-0.1, -0.05) is 48.0 Å². The number of hydrogen-bond acceptors (Lipinski definition) is 2. The zero-order valence-corrected chi connectivity index (χ0v) is 11.1. The summed E-state index contributed by atoms with van der Waals surface area (Å²) in [6, 6.07) is 14.1. The van der Waals surface area contributed by atoms with Crippen molar-refractivity contribution in [2.75, 3.05) is 5.32 Å². The summed E-state index contributed by atoms with van der Waals surface area (Å²) in [5, 5.41) is 14.0. The topological polar surface area (TPSA) is 32.3 Å². The SMILES string of the molecule is Cc1cccc(C2(O)C=Cc3ccc(C)cc3N2)c1. The molecule has 1 unspecified atom stereocenters. The van der Waals surface area contributed by atoms with Crippen LogP contribution >= 0.6 is 0 Å². The minimum atomic E-state index is -1.13. The molecule has 19 heavy (non-hydrogen) atoms. The van der Waals surface area contributed by atoms with Gasteiger partial charge in [-0.05, 0) is 37.1 Å². The van der Waals surface area contributed by atoms with Crippen molar-refractivity contribution in [2.24, 2.45) is 0 Å². The van der Waals surface area contributed by atoms with Crippen LogP contribution in [-0.2, 0) is 5.72 Å². The molecule has 0 saturated carbocycles. The number of hydrogen-bond donors (Lipinski definition) is 2. The number of nitrogens with one attached hydrogen (secondary N) is 1. The lowest BCUT2D eigenvalue weighted by Crippen LogP contribution is -2.34. The van der Waals surface area contributed by atoms with Crippen LogP contribution in [0.1, 0.15) is 22.3 Å². The van der Waals surface area contributed by atoms with Gasteiger partial charge in [-0.15, -0.1) is 0 Å². The molecule has 1 aliphatic heterocycles. The smallest absolute Gasteiger partial charge is 0.182 e. The van der Waals surface area contributed by atoms with Gasteiger partial charge in [0, 0.05) is 11.3 Å². The van der Waals surface area contributed by atoms with E-state index < -0.39 is 5.72 Å². The van der Waals surface area contributed by atoms with E-state index in [1.165, 1.54) is 5.56 Å². The van der Waals surface area contributed by atoms with Gasteiger partial charge in [0.2, 0.25) is 0 Å². The van der Waals surface area contributed by atoms with Crippen LogP contribution in [0.15, 0.2) is 48.5 Å². The van der Waals surface area contributed by atoms with Gasteiger partial charge in [-0.2, -0.15) is 0 Å². The fraction of sp³-hybridized carbons (Fsp3) is 0.176. The molecule has 0 fully saturated rings. The second-order valence-electron chi connectivity index (χ2n) is 5.18. The van der Waals surface area contributed by atoms with Gasteiger partial charge < -0.3 is 10.4 Å². The Labute approximate surface area is 113 Å². The third-order valence-corrected chi connectivity index (χ3v) is 3.50. The largest absolute Gasteiger partial charge is 0.364 e. The number of fused-ring (bicyclic) bond motifs is 1. The Hall–Kier alpha value is -2.06. The van der Waals surface area contributed by atoms with Gasteiger partial charge in [0.25, 0.3) is 0 Å². The molecule has 2 aromatic carbocycles. The predicted molar refractivity (Wildman–Crippen MR) is 78.9 cm³/mol. The maximum Gasteiger partial charge on any atom is 0.182 e. The molecule has 3 rings (SSSR count). The number of rotatable bonds is 1. The molecule has 2 heteroatoms. The van der Waals surface area contributed by atoms with Crippen molar-refractivity contribution in [3.8, 4) is 0 Å². The van der Waals surface area contributed by atoms with Crippen LogP contribution in [0.25, 0.3) is 6.08 Å². The fourth-order valence-electron chi connectivity index (χ4n) is 2.43. The lowest BCUT2D eigenvalue weighted by molar-refractivity contribution is 0.121. The first-order valence-electron chi connectivity index (χ1n) is 6.44. The molecule has 0 amide bonds. The standard InChI is InChI=1S/C17H17NO/c1-12-4-3-5-15(10-12)17(19)9-8-14-7-6-13(2)11-16(14)18-17/h3-11,18-19H,1-2H3. The summed E-state index contributed by atoms with van der Waals surface area (Å²) in [4.78, 5) is 0. The number of aryl methyl sites for hydroxylation is 2. The molecule has 2 nitrogen and oxygen atoms in total. The summed E-state index contributed by atoms with van der Waals surface area (Å²) >= 11 is 0. The molecule has 1 heterocycles. The summed E-state index contributed by atoms with van der Waals surface area (Å²) in [7, 11) is 0. The van der Waals surface area contributed by atoms with Crippen molar-refractivity contribution in [3.05, 3.63) is 70.8 Å². The molecule has 0 saturated heterocycles. The zero-order valence-electron chi connectivity index (χ0n) is 11.1. The van der Waals surface area contributed by atoms with Crippen molar-refractivity contribution >= 4 is 11.8 Å². The Morgan fingerprint density at radius 1 is 1.00 bits per heavy atom. The lowest BCUT2D eigenvalue weighted by Gasteiger charge is -2.32. The highest BCUT2D eigenvalue weighted by atomic mass is 16.3. The molecule has 1 aliphatic rings. The Balaban J connectivity index is 2.05. The van der Waals surface area contributed by atoms with Crippen LogP contribution in [0.5, 0.6) is 0 Å². The van der Waals surface area contributed by atoms with Crippen LogP contribution in [0.3, 0.4) is 0 Å². The lowest BCUT2D eigenvalue weighted by atomic mass is 9.94. The van der Waals surface area contributed by atoms with Crippen molar-refractivity contribution in [1.29, 1.82) is 0 Å². The van der Waals surface area contributed by atoms with Crippen LogP contribution in [-0.4, -0.2) is 5.11 Å². The maximum atomic E-state index is 10.8. The molecule has 2 aromatic rings. The quantitative estimate of drug-likeness (QED) is 0.811. The zero-order chi connectivity index (χ0) is 13.5. The van der Waals surface area contributed by atoms with E-state index in [0.717, 1.165) is 22.4 Å². The Bertz CT molecular complexity index is 660. The fourth-order valence-corrected chi connectivity index (χ4v) is 2.43. The van der Waals surface area contributed by atoms with E-state index in [4.69, 9.17) is 0 Å². The van der Waals surface area contributed by atoms with Crippen LogP contribution in [0.2, 0.25) is 0 Å². The summed E-state index contributed by atoms with van der Waals surface area (Å²) < 4.78 is 0. The first-order chi connectivity index (χ1) is 9.07. The van der Waals surface area contributed by atoms with Gasteiger partial charge in [0.05, 0.1) is 0 Å². The molecular formula is C17H17NO. The average molecular weight is 251 g/mol.